The number of unbranched alkanes of at least 4 members (excludes halogenated alkanes) is 1. The van der Waals surface area contributed by atoms with Gasteiger partial charge in [0.2, 0.25) is 0 Å². The topological polar surface area (TPSA) is 52.0 Å². The van der Waals surface area contributed by atoms with E-state index in [1.54, 1.807) is 0 Å². The Morgan fingerprint density at radius 1 is 1.00 bits per heavy atom. The molecule has 0 amide bonds. The van der Waals surface area contributed by atoms with Gasteiger partial charge in [-0.15, -0.1) is 12.4 Å². The number of halogens is 5. The summed E-state index contributed by atoms with van der Waals surface area (Å²) in [5, 5.41) is 0. The van der Waals surface area contributed by atoms with Crippen LogP contribution < -0.4 is 11.5 Å². The van der Waals surface area contributed by atoms with Crippen molar-refractivity contribution in [1.82, 2.24) is 0 Å². The molecule has 0 radical (unpaired) electrons. The normalized spacial score (nSPS) is 12.1. The van der Waals surface area contributed by atoms with Crippen molar-refractivity contribution in [2.45, 2.75) is 25.3 Å². The third-order valence-corrected chi connectivity index (χ3v) is 2.49. The highest BCUT2D eigenvalue weighted by Gasteiger charge is 2.23. The second-order valence-corrected chi connectivity index (χ2v) is 3.77. The Morgan fingerprint density at radius 3 is 1.94 bits per heavy atom. The van der Waals surface area contributed by atoms with Gasteiger partial charge < -0.3 is 11.5 Å². The maximum atomic E-state index is 13.3. The Balaban J connectivity index is 0.00000289. The van der Waals surface area contributed by atoms with Gasteiger partial charge in [-0.3, -0.25) is 0 Å². The van der Waals surface area contributed by atoms with Crippen LogP contribution in [0.4, 0.5) is 17.6 Å². The fourth-order valence-corrected chi connectivity index (χ4v) is 1.57. The molecule has 0 aromatic heterocycles. The molecule has 0 unspecified atom stereocenters. The van der Waals surface area contributed by atoms with E-state index in [9.17, 15) is 17.6 Å². The molecule has 0 aliphatic rings. The van der Waals surface area contributed by atoms with Crippen molar-refractivity contribution in [2.24, 2.45) is 11.5 Å². The van der Waals surface area contributed by atoms with Crippen molar-refractivity contribution in [3.8, 4) is 0 Å². The third-order valence-electron chi connectivity index (χ3n) is 2.49. The Bertz CT molecular complexity index is 375. The first-order valence-electron chi connectivity index (χ1n) is 5.27. The zero-order valence-corrected chi connectivity index (χ0v) is 10.4. The summed E-state index contributed by atoms with van der Waals surface area (Å²) in [6, 6.07) is -0.910. The van der Waals surface area contributed by atoms with Gasteiger partial charge in [0.1, 0.15) is 0 Å². The van der Waals surface area contributed by atoms with Crippen molar-refractivity contribution in [3.63, 3.8) is 0 Å². The Kier molecular flexibility index (Phi) is 7.20. The first-order valence-corrected chi connectivity index (χ1v) is 5.27. The molecule has 1 atom stereocenters. The molecule has 1 aromatic carbocycles. The number of benzene rings is 1. The van der Waals surface area contributed by atoms with Gasteiger partial charge in [0.25, 0.3) is 0 Å². The first-order chi connectivity index (χ1) is 7.99. The molecule has 18 heavy (non-hydrogen) atoms. The largest absolute Gasteiger partial charge is 0.330 e. The van der Waals surface area contributed by atoms with E-state index in [0.29, 0.717) is 19.4 Å². The minimum absolute atomic E-state index is 0. The van der Waals surface area contributed by atoms with E-state index >= 15 is 0 Å². The van der Waals surface area contributed by atoms with Crippen molar-refractivity contribution in [2.75, 3.05) is 6.54 Å². The summed E-state index contributed by atoms with van der Waals surface area (Å²) in [5.41, 5.74) is 10.0. The molecule has 0 heterocycles. The van der Waals surface area contributed by atoms with E-state index in [2.05, 4.69) is 0 Å². The van der Waals surface area contributed by atoms with Gasteiger partial charge in [-0.25, -0.2) is 17.6 Å². The van der Waals surface area contributed by atoms with E-state index in [-0.39, 0.29) is 24.9 Å². The highest BCUT2D eigenvalue weighted by molar-refractivity contribution is 5.85. The van der Waals surface area contributed by atoms with Crippen LogP contribution >= 0.6 is 12.4 Å². The summed E-state index contributed by atoms with van der Waals surface area (Å²) >= 11 is 0. The molecular weight excluding hydrogens is 272 g/mol. The van der Waals surface area contributed by atoms with Crippen LogP contribution in [-0.4, -0.2) is 6.54 Å². The average molecular weight is 287 g/mol. The fourth-order valence-electron chi connectivity index (χ4n) is 1.57. The minimum Gasteiger partial charge on any atom is -0.330 e. The zero-order chi connectivity index (χ0) is 13.0. The predicted molar refractivity (Wildman–Crippen MR) is 63.4 cm³/mol. The summed E-state index contributed by atoms with van der Waals surface area (Å²) < 4.78 is 52.5. The summed E-state index contributed by atoms with van der Waals surface area (Å²) in [6.45, 7) is 0.426. The maximum absolute atomic E-state index is 13.3. The van der Waals surface area contributed by atoms with Gasteiger partial charge in [0, 0.05) is 17.7 Å². The molecule has 2 nitrogen and oxygen atoms in total. The lowest BCUT2D eigenvalue weighted by molar-refractivity contribution is 0.419. The quantitative estimate of drug-likeness (QED) is 0.497. The van der Waals surface area contributed by atoms with Crippen LogP contribution in [0.15, 0.2) is 6.07 Å². The van der Waals surface area contributed by atoms with Gasteiger partial charge in [-0.1, -0.05) is 6.42 Å². The van der Waals surface area contributed by atoms with Gasteiger partial charge in [0.05, 0.1) is 0 Å². The van der Waals surface area contributed by atoms with Crippen LogP contribution in [-0.2, 0) is 0 Å². The Labute approximate surface area is 109 Å². The van der Waals surface area contributed by atoms with Crippen molar-refractivity contribution < 1.29 is 17.6 Å². The molecular formula is C11H15ClF4N2. The summed E-state index contributed by atoms with van der Waals surface area (Å²) in [4.78, 5) is 0. The number of hydrogen-bond acceptors (Lipinski definition) is 2. The lowest BCUT2D eigenvalue weighted by Crippen LogP contribution is -2.17. The number of hydrogen-bond donors (Lipinski definition) is 2. The maximum Gasteiger partial charge on any atom is 0.166 e. The molecule has 0 aliphatic carbocycles. The molecule has 1 aromatic rings. The molecule has 0 spiro atoms. The minimum atomic E-state index is -1.44. The third kappa shape index (κ3) is 3.83. The highest BCUT2D eigenvalue weighted by Crippen LogP contribution is 2.26. The molecule has 0 saturated carbocycles. The average Bonchev–Trinajstić information content (AvgIpc) is 2.27. The van der Waals surface area contributed by atoms with E-state index in [4.69, 9.17) is 11.5 Å². The molecule has 1 rings (SSSR count). The smallest absolute Gasteiger partial charge is 0.166 e. The van der Waals surface area contributed by atoms with E-state index < -0.39 is 34.9 Å². The zero-order valence-electron chi connectivity index (χ0n) is 9.56. The van der Waals surface area contributed by atoms with Crippen LogP contribution in [0, 0.1) is 23.3 Å². The predicted octanol–water partition coefficient (Wildman–Crippen LogP) is 2.79. The lowest BCUT2D eigenvalue weighted by Gasteiger charge is -2.14. The monoisotopic (exact) mass is 286 g/mol. The second-order valence-electron chi connectivity index (χ2n) is 3.77. The molecule has 0 bridgehead atoms. The Hall–Kier alpha value is -0.850. The van der Waals surface area contributed by atoms with Crippen molar-refractivity contribution in [3.05, 3.63) is 34.9 Å². The van der Waals surface area contributed by atoms with Gasteiger partial charge in [-0.2, -0.15) is 0 Å². The summed E-state index contributed by atoms with van der Waals surface area (Å²) in [5.74, 6) is -5.73. The van der Waals surface area contributed by atoms with Crippen LogP contribution in [0.1, 0.15) is 30.9 Å². The van der Waals surface area contributed by atoms with E-state index in [1.807, 2.05) is 0 Å². The molecule has 0 fully saturated rings. The lowest BCUT2D eigenvalue weighted by atomic mass is 10.00. The molecule has 104 valence electrons. The van der Waals surface area contributed by atoms with E-state index in [1.165, 1.54) is 0 Å². The van der Waals surface area contributed by atoms with Crippen molar-refractivity contribution in [1.29, 1.82) is 0 Å². The molecule has 7 heteroatoms. The molecule has 4 N–H and O–H groups in total. The van der Waals surface area contributed by atoms with Crippen LogP contribution in [0.3, 0.4) is 0 Å². The Morgan fingerprint density at radius 2 is 1.50 bits per heavy atom. The molecule has 0 saturated heterocycles. The number of rotatable bonds is 5. The van der Waals surface area contributed by atoms with Crippen LogP contribution in [0.25, 0.3) is 0 Å². The summed E-state index contributed by atoms with van der Waals surface area (Å²) in [6.07, 6.45) is 1.39. The first kappa shape index (κ1) is 17.2. The molecule has 0 aliphatic heterocycles. The standard InChI is InChI=1S/C11H14F4N2.ClH/c12-6-5-7(13)11(15)9(10(6)14)8(17)3-1-2-4-16;/h5,8H,1-4,16-17H2;1H/t8-;/m1./s1. The SMILES string of the molecule is Cl.NCCCC[C@@H](N)c1c(F)c(F)cc(F)c1F. The van der Waals surface area contributed by atoms with Crippen molar-refractivity contribution >= 4 is 12.4 Å². The van der Waals surface area contributed by atoms with Gasteiger partial charge >= 0.3 is 0 Å². The fraction of sp³-hybridized carbons (Fsp3) is 0.455. The van der Waals surface area contributed by atoms with Crippen LogP contribution in [0.5, 0.6) is 0 Å². The highest BCUT2D eigenvalue weighted by atomic mass is 35.5. The summed E-state index contributed by atoms with van der Waals surface area (Å²) in [7, 11) is 0. The van der Waals surface area contributed by atoms with E-state index in [0.717, 1.165) is 0 Å². The van der Waals surface area contributed by atoms with Gasteiger partial charge in [0.15, 0.2) is 23.3 Å². The number of nitrogens with two attached hydrogens (primary N) is 2. The van der Waals surface area contributed by atoms with Gasteiger partial charge in [-0.05, 0) is 19.4 Å². The van der Waals surface area contributed by atoms with Crippen LogP contribution in [0.2, 0.25) is 0 Å². The second kappa shape index (κ2) is 7.56.